The van der Waals surface area contributed by atoms with Crippen molar-refractivity contribution < 1.29 is 14.6 Å². The molecule has 26 heavy (non-hydrogen) atoms. The maximum atomic E-state index is 11.3. The highest BCUT2D eigenvalue weighted by molar-refractivity contribution is 5.90. The third-order valence-corrected chi connectivity index (χ3v) is 4.64. The minimum atomic E-state index is -1.10. The second kappa shape index (κ2) is 7.05. The number of ether oxygens (including phenoxy) is 1. The lowest BCUT2D eigenvalue weighted by atomic mass is 9.93. The van der Waals surface area contributed by atoms with Crippen molar-refractivity contribution in [1.29, 1.82) is 0 Å². The maximum Gasteiger partial charge on any atom is 0.358 e. The third kappa shape index (κ3) is 3.21. The number of anilines is 1. The van der Waals surface area contributed by atoms with Crippen LogP contribution in [-0.2, 0) is 11.2 Å². The second-order valence-corrected chi connectivity index (χ2v) is 6.30. The summed E-state index contributed by atoms with van der Waals surface area (Å²) in [5, 5.41) is 13.6. The van der Waals surface area contributed by atoms with Crippen LogP contribution in [-0.4, -0.2) is 45.3 Å². The van der Waals surface area contributed by atoms with Gasteiger partial charge in [-0.2, -0.15) is 0 Å². The molecular formula is C19H18N4O3. The molecular weight excluding hydrogens is 332 g/mol. The zero-order chi connectivity index (χ0) is 17.9. The van der Waals surface area contributed by atoms with E-state index in [1.807, 2.05) is 30.5 Å². The zero-order valence-corrected chi connectivity index (χ0v) is 14.0. The van der Waals surface area contributed by atoms with Crippen molar-refractivity contribution in [3.63, 3.8) is 0 Å². The van der Waals surface area contributed by atoms with Gasteiger partial charge in [-0.1, -0.05) is 18.2 Å². The Morgan fingerprint density at radius 3 is 2.85 bits per heavy atom. The molecule has 1 aromatic carbocycles. The number of aromatic nitrogens is 3. The van der Waals surface area contributed by atoms with Crippen LogP contribution in [0.4, 0.5) is 5.82 Å². The molecule has 0 radical (unpaired) electrons. The molecule has 0 amide bonds. The number of carboxylic acids is 1. The summed E-state index contributed by atoms with van der Waals surface area (Å²) in [4.78, 5) is 23.8. The molecule has 0 saturated carbocycles. The molecule has 3 aromatic rings. The van der Waals surface area contributed by atoms with Gasteiger partial charge in [0, 0.05) is 29.9 Å². The number of hydrogen-bond acceptors (Lipinski definition) is 6. The van der Waals surface area contributed by atoms with Gasteiger partial charge < -0.3 is 15.2 Å². The highest BCUT2D eigenvalue weighted by Crippen LogP contribution is 2.26. The first-order valence-corrected chi connectivity index (χ1v) is 8.43. The van der Waals surface area contributed by atoms with E-state index in [0.29, 0.717) is 13.2 Å². The molecule has 0 unspecified atom stereocenters. The molecule has 4 rings (SSSR count). The van der Waals surface area contributed by atoms with Gasteiger partial charge in [-0.25, -0.2) is 14.8 Å². The highest BCUT2D eigenvalue weighted by atomic mass is 16.5. The predicted molar refractivity (Wildman–Crippen MR) is 96.2 cm³/mol. The number of carbonyl (C=O) groups is 1. The van der Waals surface area contributed by atoms with Crippen molar-refractivity contribution in [2.45, 2.75) is 12.5 Å². The fourth-order valence-electron chi connectivity index (χ4n) is 3.35. The number of carboxylic acid groups (broad SMARTS) is 1. The molecule has 3 heterocycles. The summed E-state index contributed by atoms with van der Waals surface area (Å²) < 4.78 is 5.65. The van der Waals surface area contributed by atoms with E-state index in [1.54, 1.807) is 0 Å². The number of aromatic carboxylic acids is 1. The van der Waals surface area contributed by atoms with Gasteiger partial charge in [-0.15, -0.1) is 0 Å². The second-order valence-electron chi connectivity index (χ2n) is 6.30. The van der Waals surface area contributed by atoms with E-state index in [9.17, 15) is 9.90 Å². The number of hydrogen-bond donors (Lipinski definition) is 2. The minimum absolute atomic E-state index is 0.0308. The first-order valence-electron chi connectivity index (χ1n) is 8.43. The van der Waals surface area contributed by atoms with Crippen LogP contribution in [0, 0.1) is 5.92 Å². The standard InChI is InChI=1S/C19H18N4O3/c24-19(25)17-18(22-8-7-21-17)23-16-11-26-10-13(16)9-12-5-6-20-15-4-2-1-3-14(12)15/h1-8,13,16H,9-11H2,(H,22,23)(H,24,25)/t13-,16+/m1/s1. The smallest absolute Gasteiger partial charge is 0.358 e. The third-order valence-electron chi connectivity index (χ3n) is 4.64. The number of rotatable bonds is 5. The van der Waals surface area contributed by atoms with Crippen LogP contribution in [0.15, 0.2) is 48.9 Å². The molecule has 0 spiro atoms. The SMILES string of the molecule is O=C(O)c1nccnc1N[C@H]1COC[C@H]1Cc1ccnc2ccccc12. The molecule has 2 aromatic heterocycles. The van der Waals surface area contributed by atoms with Crippen LogP contribution in [0.1, 0.15) is 16.1 Å². The van der Waals surface area contributed by atoms with E-state index < -0.39 is 5.97 Å². The predicted octanol–water partition coefficient (Wildman–Crippen LogP) is 2.39. The van der Waals surface area contributed by atoms with Gasteiger partial charge in [0.2, 0.25) is 0 Å². The Kier molecular flexibility index (Phi) is 4.45. The van der Waals surface area contributed by atoms with Crippen molar-refractivity contribution in [3.05, 3.63) is 60.2 Å². The lowest BCUT2D eigenvalue weighted by molar-refractivity contribution is 0.0691. The number of para-hydroxylation sites is 1. The number of benzene rings is 1. The normalized spacial score (nSPS) is 19.5. The summed E-state index contributed by atoms with van der Waals surface area (Å²) in [7, 11) is 0. The largest absolute Gasteiger partial charge is 0.476 e. The maximum absolute atomic E-state index is 11.3. The van der Waals surface area contributed by atoms with E-state index in [2.05, 4.69) is 26.3 Å². The van der Waals surface area contributed by atoms with Crippen LogP contribution in [0.2, 0.25) is 0 Å². The van der Waals surface area contributed by atoms with Crippen LogP contribution >= 0.6 is 0 Å². The van der Waals surface area contributed by atoms with Gasteiger partial charge in [-0.3, -0.25) is 4.98 Å². The average molecular weight is 350 g/mol. The molecule has 1 saturated heterocycles. The Bertz CT molecular complexity index is 941. The van der Waals surface area contributed by atoms with E-state index in [-0.39, 0.29) is 23.5 Å². The first-order chi connectivity index (χ1) is 12.7. The Morgan fingerprint density at radius 1 is 1.12 bits per heavy atom. The quantitative estimate of drug-likeness (QED) is 0.729. The number of nitrogens with one attached hydrogen (secondary N) is 1. The molecule has 0 bridgehead atoms. The molecule has 7 heteroatoms. The number of fused-ring (bicyclic) bond motifs is 1. The molecule has 1 aliphatic heterocycles. The Hall–Kier alpha value is -3.06. The lowest BCUT2D eigenvalue weighted by Gasteiger charge is -2.20. The highest BCUT2D eigenvalue weighted by Gasteiger charge is 2.30. The molecule has 0 aliphatic carbocycles. The summed E-state index contributed by atoms with van der Waals surface area (Å²) in [5.74, 6) is -0.624. The summed E-state index contributed by atoms with van der Waals surface area (Å²) in [6.45, 7) is 1.11. The molecule has 132 valence electrons. The van der Waals surface area contributed by atoms with Crippen molar-refractivity contribution >= 4 is 22.7 Å². The Labute approximate surface area is 150 Å². The van der Waals surface area contributed by atoms with Gasteiger partial charge in [-0.05, 0) is 24.1 Å². The van der Waals surface area contributed by atoms with Gasteiger partial charge >= 0.3 is 5.97 Å². The summed E-state index contributed by atoms with van der Waals surface area (Å²) in [6.07, 6.45) is 5.49. The Morgan fingerprint density at radius 2 is 1.96 bits per heavy atom. The van der Waals surface area contributed by atoms with Crippen LogP contribution in [0.3, 0.4) is 0 Å². The summed E-state index contributed by atoms with van der Waals surface area (Å²) in [6, 6.07) is 10.1. The van der Waals surface area contributed by atoms with Gasteiger partial charge in [0.05, 0.1) is 24.8 Å². The zero-order valence-electron chi connectivity index (χ0n) is 14.0. The molecule has 2 atom stereocenters. The fraction of sp³-hybridized carbons (Fsp3) is 0.263. The lowest BCUT2D eigenvalue weighted by Crippen LogP contribution is -2.30. The van der Waals surface area contributed by atoms with Crippen molar-refractivity contribution in [2.24, 2.45) is 5.92 Å². The van der Waals surface area contributed by atoms with Crippen LogP contribution in [0.25, 0.3) is 10.9 Å². The van der Waals surface area contributed by atoms with Gasteiger partial charge in [0.25, 0.3) is 0 Å². The van der Waals surface area contributed by atoms with E-state index in [0.717, 1.165) is 17.3 Å². The first kappa shape index (κ1) is 16.4. The number of pyridine rings is 1. The average Bonchev–Trinajstić information content (AvgIpc) is 3.09. The van der Waals surface area contributed by atoms with Crippen molar-refractivity contribution in [3.8, 4) is 0 Å². The van der Waals surface area contributed by atoms with E-state index >= 15 is 0 Å². The molecule has 2 N–H and O–H groups in total. The number of nitrogens with zero attached hydrogens (tertiary/aromatic N) is 3. The van der Waals surface area contributed by atoms with Gasteiger partial charge in [0.15, 0.2) is 11.5 Å². The topological polar surface area (TPSA) is 97.2 Å². The Balaban J connectivity index is 1.57. The summed E-state index contributed by atoms with van der Waals surface area (Å²) in [5.41, 5.74) is 2.10. The van der Waals surface area contributed by atoms with E-state index in [1.165, 1.54) is 18.0 Å². The van der Waals surface area contributed by atoms with Gasteiger partial charge in [0.1, 0.15) is 0 Å². The van der Waals surface area contributed by atoms with Crippen LogP contribution in [0.5, 0.6) is 0 Å². The van der Waals surface area contributed by atoms with E-state index in [4.69, 9.17) is 4.74 Å². The summed E-state index contributed by atoms with van der Waals surface area (Å²) >= 11 is 0. The fourth-order valence-corrected chi connectivity index (χ4v) is 3.35. The minimum Gasteiger partial charge on any atom is -0.476 e. The molecule has 1 aliphatic rings. The van der Waals surface area contributed by atoms with Crippen LogP contribution < -0.4 is 5.32 Å². The van der Waals surface area contributed by atoms with Crippen molar-refractivity contribution in [2.75, 3.05) is 18.5 Å². The van der Waals surface area contributed by atoms with Crippen molar-refractivity contribution in [1.82, 2.24) is 15.0 Å². The molecule has 1 fully saturated rings. The monoisotopic (exact) mass is 350 g/mol. The molecule has 7 nitrogen and oxygen atoms in total.